The van der Waals surface area contributed by atoms with Crippen LogP contribution in [0.3, 0.4) is 0 Å². The van der Waals surface area contributed by atoms with Gasteiger partial charge in [0.25, 0.3) is 0 Å². The largest absolute Gasteiger partial charge is 0.497 e. The molecule has 1 aromatic carbocycles. The topological polar surface area (TPSA) is 76.0 Å². The molecule has 0 saturated carbocycles. The molecule has 13 heavy (non-hydrogen) atoms. The Morgan fingerprint density at radius 3 is 2.23 bits per heavy atom. The molecule has 0 spiro atoms. The average Bonchev–Trinajstić information content (AvgIpc) is 2.09. The van der Waals surface area contributed by atoms with Crippen molar-refractivity contribution in [1.29, 1.82) is 0 Å². The summed E-state index contributed by atoms with van der Waals surface area (Å²) < 4.78 is 10.1. The van der Waals surface area contributed by atoms with Crippen LogP contribution in [-0.2, 0) is 0 Å². The highest BCUT2D eigenvalue weighted by molar-refractivity contribution is 5.61. The lowest BCUT2D eigenvalue weighted by Gasteiger charge is -2.09. The van der Waals surface area contributed by atoms with Crippen LogP contribution < -0.4 is 15.2 Å². The second kappa shape index (κ2) is 4.57. The summed E-state index contributed by atoms with van der Waals surface area (Å²) in [5, 5.41) is 0. The molecule has 0 aliphatic rings. The molecule has 0 unspecified atom stereocenters. The fraction of sp³-hybridized carbons (Fsp3) is 0.333. The fourth-order valence-electron chi connectivity index (χ4n) is 1.02. The molecule has 0 radical (unpaired) electrons. The zero-order valence-electron chi connectivity index (χ0n) is 8.05. The first-order chi connectivity index (χ1) is 5.69. The first-order valence-electron chi connectivity index (χ1n) is 3.67. The number of anilines is 1. The Hall–Kier alpha value is -1.42. The van der Waals surface area contributed by atoms with Crippen LogP contribution in [0.5, 0.6) is 11.5 Å². The minimum absolute atomic E-state index is 0. The SMILES string of the molecule is COc1cc(C)c(N)c(OC)c1.O. The molecule has 0 aromatic heterocycles. The van der Waals surface area contributed by atoms with Crippen molar-refractivity contribution in [2.45, 2.75) is 6.92 Å². The fourth-order valence-corrected chi connectivity index (χ4v) is 1.02. The van der Waals surface area contributed by atoms with Gasteiger partial charge in [-0.25, -0.2) is 0 Å². The maximum absolute atomic E-state index is 5.74. The van der Waals surface area contributed by atoms with Crippen molar-refractivity contribution >= 4 is 5.69 Å². The first-order valence-corrected chi connectivity index (χ1v) is 3.67. The second-order valence-electron chi connectivity index (χ2n) is 2.56. The van der Waals surface area contributed by atoms with Crippen molar-refractivity contribution < 1.29 is 14.9 Å². The van der Waals surface area contributed by atoms with Crippen LogP contribution >= 0.6 is 0 Å². The summed E-state index contributed by atoms with van der Waals surface area (Å²) in [5.74, 6) is 1.42. The third kappa shape index (κ3) is 2.26. The number of benzene rings is 1. The summed E-state index contributed by atoms with van der Waals surface area (Å²) in [4.78, 5) is 0. The number of nitrogens with two attached hydrogens (primary N) is 1. The molecule has 0 bridgehead atoms. The number of rotatable bonds is 2. The Kier molecular flexibility index (Phi) is 4.07. The van der Waals surface area contributed by atoms with E-state index in [4.69, 9.17) is 15.2 Å². The van der Waals surface area contributed by atoms with Gasteiger partial charge in [0.2, 0.25) is 0 Å². The highest BCUT2D eigenvalue weighted by Crippen LogP contribution is 2.29. The van der Waals surface area contributed by atoms with Crippen LogP contribution in [0, 0.1) is 6.92 Å². The number of aryl methyl sites for hydroxylation is 1. The van der Waals surface area contributed by atoms with Crippen LogP contribution in [0.4, 0.5) is 5.69 Å². The highest BCUT2D eigenvalue weighted by Gasteiger charge is 2.04. The van der Waals surface area contributed by atoms with E-state index in [0.29, 0.717) is 11.4 Å². The van der Waals surface area contributed by atoms with E-state index in [9.17, 15) is 0 Å². The third-order valence-electron chi connectivity index (χ3n) is 1.78. The summed E-state index contributed by atoms with van der Waals surface area (Å²) in [6.45, 7) is 1.92. The van der Waals surface area contributed by atoms with Crippen LogP contribution in [0.25, 0.3) is 0 Å². The van der Waals surface area contributed by atoms with Crippen molar-refractivity contribution in [2.24, 2.45) is 0 Å². The standard InChI is InChI=1S/C9H13NO2.H2O/c1-6-4-7(11-2)5-8(12-3)9(6)10;/h4-5H,10H2,1-3H3;1H2. The van der Waals surface area contributed by atoms with Crippen LogP contribution in [0.15, 0.2) is 12.1 Å². The molecule has 0 aliphatic carbocycles. The van der Waals surface area contributed by atoms with Gasteiger partial charge >= 0.3 is 0 Å². The number of hydrogen-bond acceptors (Lipinski definition) is 3. The monoisotopic (exact) mass is 185 g/mol. The number of ether oxygens (including phenoxy) is 2. The lowest BCUT2D eigenvalue weighted by atomic mass is 10.2. The van der Waals surface area contributed by atoms with Gasteiger partial charge in [0, 0.05) is 6.07 Å². The third-order valence-corrected chi connectivity index (χ3v) is 1.78. The van der Waals surface area contributed by atoms with Crippen molar-refractivity contribution in [3.8, 4) is 11.5 Å². The molecule has 74 valence electrons. The second-order valence-corrected chi connectivity index (χ2v) is 2.56. The molecular formula is C9H15NO3. The molecule has 0 heterocycles. The average molecular weight is 185 g/mol. The van der Waals surface area contributed by atoms with Gasteiger partial charge in [-0.15, -0.1) is 0 Å². The van der Waals surface area contributed by atoms with E-state index in [1.165, 1.54) is 0 Å². The summed E-state index contributed by atoms with van der Waals surface area (Å²) >= 11 is 0. The summed E-state index contributed by atoms with van der Waals surface area (Å²) in [7, 11) is 3.20. The van der Waals surface area contributed by atoms with Gasteiger partial charge in [-0.3, -0.25) is 0 Å². The molecule has 1 aromatic rings. The molecule has 0 atom stereocenters. The van der Waals surface area contributed by atoms with E-state index in [2.05, 4.69) is 0 Å². The Labute approximate surface area is 77.6 Å². The van der Waals surface area contributed by atoms with E-state index in [1.807, 2.05) is 13.0 Å². The van der Waals surface area contributed by atoms with E-state index in [-0.39, 0.29) is 5.48 Å². The van der Waals surface area contributed by atoms with E-state index < -0.39 is 0 Å². The Bertz CT molecular complexity index is 286. The van der Waals surface area contributed by atoms with Crippen molar-refractivity contribution in [3.05, 3.63) is 17.7 Å². The van der Waals surface area contributed by atoms with Gasteiger partial charge in [0.15, 0.2) is 0 Å². The molecule has 0 saturated heterocycles. The zero-order valence-corrected chi connectivity index (χ0v) is 8.05. The number of methoxy groups -OCH3 is 2. The van der Waals surface area contributed by atoms with Gasteiger partial charge in [-0.1, -0.05) is 0 Å². The van der Waals surface area contributed by atoms with Crippen LogP contribution in [0.2, 0.25) is 0 Å². The number of nitrogen functional groups attached to an aromatic ring is 1. The van der Waals surface area contributed by atoms with Gasteiger partial charge < -0.3 is 20.7 Å². The van der Waals surface area contributed by atoms with Crippen molar-refractivity contribution in [1.82, 2.24) is 0 Å². The molecule has 0 fully saturated rings. The lowest BCUT2D eigenvalue weighted by molar-refractivity contribution is 0.395. The maximum Gasteiger partial charge on any atom is 0.145 e. The molecular weight excluding hydrogens is 170 g/mol. The van der Waals surface area contributed by atoms with Crippen LogP contribution in [-0.4, -0.2) is 19.7 Å². The normalized spacial score (nSPS) is 8.85. The minimum Gasteiger partial charge on any atom is -0.497 e. The molecule has 1 rings (SSSR count). The van der Waals surface area contributed by atoms with E-state index >= 15 is 0 Å². The molecule has 4 N–H and O–H groups in total. The first kappa shape index (κ1) is 11.6. The van der Waals surface area contributed by atoms with Gasteiger partial charge in [-0.2, -0.15) is 0 Å². The van der Waals surface area contributed by atoms with E-state index in [0.717, 1.165) is 11.3 Å². The smallest absolute Gasteiger partial charge is 0.145 e. The minimum atomic E-state index is 0. The molecule has 0 aliphatic heterocycles. The molecule has 4 nitrogen and oxygen atoms in total. The maximum atomic E-state index is 5.74. The predicted molar refractivity (Wildman–Crippen MR) is 52.3 cm³/mol. The summed E-state index contributed by atoms with van der Waals surface area (Å²) in [6, 6.07) is 3.64. The molecule has 0 amide bonds. The Morgan fingerprint density at radius 1 is 1.15 bits per heavy atom. The predicted octanol–water partition coefficient (Wildman–Crippen LogP) is 0.770. The molecule has 4 heteroatoms. The van der Waals surface area contributed by atoms with E-state index in [1.54, 1.807) is 20.3 Å². The van der Waals surface area contributed by atoms with Crippen LogP contribution in [0.1, 0.15) is 5.56 Å². The van der Waals surface area contributed by atoms with Gasteiger partial charge in [-0.05, 0) is 18.6 Å². The van der Waals surface area contributed by atoms with Gasteiger partial charge in [0.05, 0.1) is 19.9 Å². The number of hydrogen-bond donors (Lipinski definition) is 1. The Morgan fingerprint density at radius 2 is 1.77 bits per heavy atom. The lowest BCUT2D eigenvalue weighted by Crippen LogP contribution is -1.96. The quantitative estimate of drug-likeness (QED) is 0.691. The highest BCUT2D eigenvalue weighted by atomic mass is 16.5. The summed E-state index contributed by atoms with van der Waals surface area (Å²) in [6.07, 6.45) is 0. The van der Waals surface area contributed by atoms with Crippen molar-refractivity contribution in [3.63, 3.8) is 0 Å². The summed E-state index contributed by atoms with van der Waals surface area (Å²) in [5.41, 5.74) is 7.37. The Balaban J connectivity index is 0.00000144. The van der Waals surface area contributed by atoms with Crippen molar-refractivity contribution in [2.75, 3.05) is 20.0 Å². The zero-order chi connectivity index (χ0) is 9.14. The van der Waals surface area contributed by atoms with Gasteiger partial charge in [0.1, 0.15) is 11.5 Å².